The Kier molecular flexibility index (Phi) is 5.53. The Bertz CT molecular complexity index is 1280. The van der Waals surface area contributed by atoms with Gasteiger partial charge < -0.3 is 5.11 Å². The van der Waals surface area contributed by atoms with E-state index in [0.717, 1.165) is 43.6 Å². The molecule has 5 heteroatoms. The minimum absolute atomic E-state index is 0.232. The Balaban J connectivity index is 0.000000135. The van der Waals surface area contributed by atoms with Gasteiger partial charge in [0, 0.05) is 19.6 Å². The number of rotatable bonds is 0. The molecule has 160 valence electrons. The van der Waals surface area contributed by atoms with Crippen molar-refractivity contribution < 1.29 is 13.5 Å². The molecule has 0 saturated heterocycles. The number of aryl methyl sites for hydroxylation is 1. The highest BCUT2D eigenvalue weighted by molar-refractivity contribution is 7.85. The third kappa shape index (κ3) is 3.83. The SMILES string of the molecule is Cc1ccc2c(c1)Cc1ccccc1S2=O.O=S1c2ccccc2Cc2cc(O)ccc21. The van der Waals surface area contributed by atoms with Crippen molar-refractivity contribution in [3.05, 3.63) is 113 Å². The molecule has 0 fully saturated rings. The maximum Gasteiger partial charge on any atom is 0.115 e. The fourth-order valence-corrected chi connectivity index (χ4v) is 6.98. The van der Waals surface area contributed by atoms with Crippen molar-refractivity contribution in [3.8, 4) is 5.75 Å². The molecule has 2 atom stereocenters. The summed E-state index contributed by atoms with van der Waals surface area (Å²) < 4.78 is 24.6. The first-order valence-electron chi connectivity index (χ1n) is 10.4. The molecule has 6 rings (SSSR count). The lowest BCUT2D eigenvalue weighted by molar-refractivity contribution is 0.474. The fraction of sp³-hybridized carbons (Fsp3) is 0.111. The Morgan fingerprint density at radius 3 is 1.66 bits per heavy atom. The predicted molar refractivity (Wildman–Crippen MR) is 127 cm³/mol. The van der Waals surface area contributed by atoms with E-state index in [4.69, 9.17) is 0 Å². The van der Waals surface area contributed by atoms with Crippen LogP contribution < -0.4 is 0 Å². The van der Waals surface area contributed by atoms with Crippen LogP contribution in [0.5, 0.6) is 5.75 Å². The lowest BCUT2D eigenvalue weighted by Gasteiger charge is -2.19. The summed E-state index contributed by atoms with van der Waals surface area (Å²) in [6.07, 6.45) is 1.64. The molecule has 0 amide bonds. The summed E-state index contributed by atoms with van der Waals surface area (Å²) >= 11 is 0. The summed E-state index contributed by atoms with van der Waals surface area (Å²) in [6.45, 7) is 2.07. The number of aromatic hydroxyl groups is 1. The van der Waals surface area contributed by atoms with E-state index >= 15 is 0 Å². The van der Waals surface area contributed by atoms with Gasteiger partial charge in [-0.15, -0.1) is 0 Å². The Hall–Kier alpha value is -3.02. The van der Waals surface area contributed by atoms with Gasteiger partial charge in [-0.3, -0.25) is 0 Å². The van der Waals surface area contributed by atoms with Gasteiger partial charge in [0.15, 0.2) is 0 Å². The van der Waals surface area contributed by atoms with Crippen LogP contribution >= 0.6 is 0 Å². The first kappa shape index (κ1) is 20.9. The number of fused-ring (bicyclic) bond motifs is 4. The summed E-state index contributed by atoms with van der Waals surface area (Å²) in [5.41, 5.74) is 5.67. The standard InChI is InChI=1S/C14H12OS.C13H10O2S/c1-10-6-7-14-12(8-10)9-11-4-2-3-5-13(11)16(14)15;14-11-5-6-13-10(8-11)7-9-3-1-2-4-12(9)16(13)15/h2-8H,9H2,1H3;1-6,8,14H,7H2. The average Bonchev–Trinajstić information content (AvgIpc) is 2.79. The number of benzene rings is 4. The van der Waals surface area contributed by atoms with Gasteiger partial charge in [0.2, 0.25) is 0 Å². The Labute approximate surface area is 192 Å². The molecule has 4 aromatic rings. The highest BCUT2D eigenvalue weighted by Crippen LogP contribution is 2.33. The Morgan fingerprint density at radius 1 is 0.594 bits per heavy atom. The molecule has 2 aliphatic heterocycles. The molecule has 3 nitrogen and oxygen atoms in total. The third-order valence-corrected chi connectivity index (χ3v) is 8.96. The summed E-state index contributed by atoms with van der Waals surface area (Å²) in [6, 6.07) is 26.9. The van der Waals surface area contributed by atoms with Crippen molar-refractivity contribution in [2.45, 2.75) is 39.3 Å². The van der Waals surface area contributed by atoms with E-state index < -0.39 is 21.6 Å². The van der Waals surface area contributed by atoms with Crippen LogP contribution in [0.3, 0.4) is 0 Å². The fourth-order valence-electron chi connectivity index (χ4n) is 4.22. The first-order valence-corrected chi connectivity index (χ1v) is 12.7. The zero-order chi connectivity index (χ0) is 22.2. The number of phenols is 1. The maximum absolute atomic E-state index is 12.3. The Morgan fingerprint density at radius 2 is 1.06 bits per heavy atom. The molecule has 32 heavy (non-hydrogen) atoms. The van der Waals surface area contributed by atoms with E-state index in [1.165, 1.54) is 16.7 Å². The molecule has 2 unspecified atom stereocenters. The smallest absolute Gasteiger partial charge is 0.115 e. The molecule has 0 bridgehead atoms. The third-order valence-electron chi connectivity index (χ3n) is 5.77. The van der Waals surface area contributed by atoms with Crippen molar-refractivity contribution >= 4 is 21.6 Å². The molecule has 0 spiro atoms. The van der Waals surface area contributed by atoms with Gasteiger partial charge in [0.05, 0.1) is 21.6 Å². The lowest BCUT2D eigenvalue weighted by atomic mass is 10.0. The predicted octanol–water partition coefficient (Wildman–Crippen LogP) is 5.53. The van der Waals surface area contributed by atoms with Crippen LogP contribution in [0.2, 0.25) is 0 Å². The summed E-state index contributed by atoms with van der Waals surface area (Å²) in [5.74, 6) is 0.232. The van der Waals surface area contributed by atoms with E-state index in [1.807, 2.05) is 54.6 Å². The number of hydrogen-bond acceptors (Lipinski definition) is 3. The molecule has 4 aromatic carbocycles. The van der Waals surface area contributed by atoms with Crippen LogP contribution in [0, 0.1) is 6.92 Å². The lowest BCUT2D eigenvalue weighted by Crippen LogP contribution is -2.09. The molecule has 0 aliphatic carbocycles. The van der Waals surface area contributed by atoms with Gasteiger partial charge in [-0.2, -0.15) is 0 Å². The summed E-state index contributed by atoms with van der Waals surface area (Å²) in [5, 5.41) is 9.42. The van der Waals surface area contributed by atoms with Gasteiger partial charge in [-0.1, -0.05) is 54.1 Å². The van der Waals surface area contributed by atoms with Gasteiger partial charge >= 0.3 is 0 Å². The van der Waals surface area contributed by atoms with Crippen LogP contribution in [-0.4, -0.2) is 13.5 Å². The zero-order valence-electron chi connectivity index (χ0n) is 17.6. The van der Waals surface area contributed by atoms with E-state index in [2.05, 4.69) is 19.1 Å². The van der Waals surface area contributed by atoms with Crippen LogP contribution in [0.25, 0.3) is 0 Å². The quantitative estimate of drug-likeness (QED) is 0.326. The van der Waals surface area contributed by atoms with Crippen molar-refractivity contribution in [2.24, 2.45) is 0 Å². The van der Waals surface area contributed by atoms with E-state index in [0.29, 0.717) is 0 Å². The van der Waals surface area contributed by atoms with E-state index in [1.54, 1.807) is 18.2 Å². The molecular formula is C27H22O3S2. The van der Waals surface area contributed by atoms with Crippen molar-refractivity contribution in [1.29, 1.82) is 0 Å². The average molecular weight is 459 g/mol. The van der Waals surface area contributed by atoms with Gasteiger partial charge in [0.25, 0.3) is 0 Å². The van der Waals surface area contributed by atoms with Crippen LogP contribution in [0.4, 0.5) is 0 Å². The maximum atomic E-state index is 12.3. The second kappa shape index (κ2) is 8.49. The minimum Gasteiger partial charge on any atom is -0.508 e. The van der Waals surface area contributed by atoms with Crippen LogP contribution in [-0.2, 0) is 34.4 Å². The summed E-state index contributed by atoms with van der Waals surface area (Å²) in [7, 11) is -2.11. The molecule has 0 aromatic heterocycles. The summed E-state index contributed by atoms with van der Waals surface area (Å²) in [4.78, 5) is 3.65. The topological polar surface area (TPSA) is 54.4 Å². The van der Waals surface area contributed by atoms with Gasteiger partial charge in [0.1, 0.15) is 5.75 Å². The molecule has 2 heterocycles. The van der Waals surface area contributed by atoms with Crippen LogP contribution in [0.15, 0.2) is 105 Å². The second-order valence-electron chi connectivity index (χ2n) is 8.01. The molecule has 2 aliphatic rings. The van der Waals surface area contributed by atoms with Gasteiger partial charge in [-0.05, 0) is 78.4 Å². The minimum atomic E-state index is -1.11. The molecule has 0 saturated carbocycles. The highest BCUT2D eigenvalue weighted by atomic mass is 32.2. The van der Waals surface area contributed by atoms with Crippen molar-refractivity contribution in [2.75, 3.05) is 0 Å². The largest absolute Gasteiger partial charge is 0.508 e. The number of hydrogen-bond donors (Lipinski definition) is 1. The zero-order valence-corrected chi connectivity index (χ0v) is 19.2. The highest BCUT2D eigenvalue weighted by Gasteiger charge is 2.22. The van der Waals surface area contributed by atoms with E-state index in [-0.39, 0.29) is 5.75 Å². The van der Waals surface area contributed by atoms with Gasteiger partial charge in [-0.25, -0.2) is 8.42 Å². The first-order chi connectivity index (χ1) is 15.5. The normalized spacial score (nSPS) is 17.7. The van der Waals surface area contributed by atoms with Crippen molar-refractivity contribution in [3.63, 3.8) is 0 Å². The monoisotopic (exact) mass is 458 g/mol. The van der Waals surface area contributed by atoms with E-state index in [9.17, 15) is 13.5 Å². The molecular weight excluding hydrogens is 436 g/mol. The van der Waals surface area contributed by atoms with Crippen LogP contribution in [0.1, 0.15) is 27.8 Å². The van der Waals surface area contributed by atoms with Crippen molar-refractivity contribution in [1.82, 2.24) is 0 Å². The second-order valence-corrected chi connectivity index (χ2v) is 10.8. The molecule has 1 N–H and O–H groups in total. The molecule has 0 radical (unpaired) electrons. The number of phenolic OH excluding ortho intramolecular Hbond substituents is 1.